The fourth-order valence-electron chi connectivity index (χ4n) is 3.18. The summed E-state index contributed by atoms with van der Waals surface area (Å²) in [5, 5.41) is 13.6. The topological polar surface area (TPSA) is 116 Å². The molecule has 1 aromatic carbocycles. The molecular weight excluding hydrogens is 330 g/mol. The Bertz CT molecular complexity index is 694. The van der Waals surface area contributed by atoms with E-state index in [2.05, 4.69) is 5.32 Å². The number of thioether (sulfide) groups is 1. The summed E-state index contributed by atoms with van der Waals surface area (Å²) in [5.74, 6) is -2.16. The molecule has 2 saturated heterocycles. The Morgan fingerprint density at radius 3 is 2.54 bits per heavy atom. The van der Waals surface area contributed by atoms with Crippen molar-refractivity contribution in [2.24, 2.45) is 5.73 Å². The molecule has 8 heteroatoms. The number of carboxylic acid groups (broad SMARTS) is 1. The minimum atomic E-state index is -1.28. The van der Waals surface area contributed by atoms with Crippen LogP contribution in [0.2, 0.25) is 0 Å². The van der Waals surface area contributed by atoms with Gasteiger partial charge in [-0.2, -0.15) is 0 Å². The lowest BCUT2D eigenvalue weighted by Gasteiger charge is -2.45. The van der Waals surface area contributed by atoms with Gasteiger partial charge >= 0.3 is 0 Å². The smallest absolute Gasteiger partial charge is 0.249 e. The Hall–Kier alpha value is -2.06. The lowest BCUT2D eigenvalue weighted by Crippen LogP contribution is -2.72. The highest BCUT2D eigenvalue weighted by molar-refractivity contribution is 8.01. The number of β-lactam (4-membered cyclic amide) rings is 1. The fourth-order valence-corrected chi connectivity index (χ4v) is 4.80. The van der Waals surface area contributed by atoms with Gasteiger partial charge in [-0.05, 0) is 19.4 Å². The van der Waals surface area contributed by atoms with Crippen LogP contribution in [0.1, 0.15) is 25.5 Å². The summed E-state index contributed by atoms with van der Waals surface area (Å²) < 4.78 is -0.680. The molecule has 4 atom stereocenters. The first kappa shape index (κ1) is 16.8. The van der Waals surface area contributed by atoms with Crippen molar-refractivity contribution >= 4 is 29.5 Å². The van der Waals surface area contributed by atoms with Crippen LogP contribution in [0.3, 0.4) is 0 Å². The zero-order valence-corrected chi connectivity index (χ0v) is 14.1. The van der Waals surface area contributed by atoms with E-state index < -0.39 is 46.0 Å². The number of aliphatic carboxylic acids is 1. The van der Waals surface area contributed by atoms with Crippen LogP contribution in [0.4, 0.5) is 0 Å². The van der Waals surface area contributed by atoms with Crippen LogP contribution in [0.5, 0.6) is 0 Å². The van der Waals surface area contributed by atoms with Crippen LogP contribution < -0.4 is 16.2 Å². The number of carbonyl (C=O) groups excluding carboxylic acids is 3. The second-order valence-corrected chi connectivity index (χ2v) is 8.22. The van der Waals surface area contributed by atoms with Crippen molar-refractivity contribution < 1.29 is 19.5 Å². The summed E-state index contributed by atoms with van der Waals surface area (Å²) in [6, 6.07) is 6.19. The van der Waals surface area contributed by atoms with Gasteiger partial charge in [0, 0.05) is 4.75 Å². The zero-order valence-electron chi connectivity index (χ0n) is 13.3. The zero-order chi connectivity index (χ0) is 17.6. The van der Waals surface area contributed by atoms with Gasteiger partial charge in [0.15, 0.2) is 0 Å². The molecule has 3 N–H and O–H groups in total. The standard InChI is InChI=1S/C16H19N3O4S/c1-16(2)11(15(22)23)19-13(21)10(14(19)24-16)18-12(20)9(17)8-6-4-3-5-7-8/h3-7,9-11,14H,17H2,1-2H3,(H,18,20)(H,22,23)/p-1/t9?,10-,11+,14?/m0/s1. The van der Waals surface area contributed by atoms with Crippen molar-refractivity contribution in [3.05, 3.63) is 35.9 Å². The molecule has 0 bridgehead atoms. The predicted octanol–water partition coefficient (Wildman–Crippen LogP) is -1.02. The van der Waals surface area contributed by atoms with Gasteiger partial charge in [0.2, 0.25) is 11.8 Å². The number of benzene rings is 1. The highest BCUT2D eigenvalue weighted by Gasteiger charge is 2.62. The van der Waals surface area contributed by atoms with Crippen LogP contribution >= 0.6 is 11.8 Å². The number of nitrogens with one attached hydrogen (secondary N) is 1. The molecule has 0 aliphatic carbocycles. The second-order valence-electron chi connectivity index (χ2n) is 6.45. The fraction of sp³-hybridized carbons (Fsp3) is 0.438. The van der Waals surface area contributed by atoms with E-state index in [1.807, 2.05) is 6.07 Å². The van der Waals surface area contributed by atoms with Gasteiger partial charge in [-0.25, -0.2) is 0 Å². The number of nitrogens with two attached hydrogens (primary N) is 1. The van der Waals surface area contributed by atoms with Crippen LogP contribution in [0, 0.1) is 0 Å². The Morgan fingerprint density at radius 2 is 1.96 bits per heavy atom. The van der Waals surface area contributed by atoms with E-state index in [1.165, 1.54) is 16.7 Å². The molecule has 3 rings (SSSR count). The third-order valence-corrected chi connectivity index (χ3v) is 5.97. The SMILES string of the molecule is CC1(C)SC2[C@@H](NC(=O)C(N)c3ccccc3)C(=O)N2[C@@H]1C(=O)[O-]. The van der Waals surface area contributed by atoms with Crippen molar-refractivity contribution in [3.63, 3.8) is 0 Å². The van der Waals surface area contributed by atoms with E-state index in [0.29, 0.717) is 5.56 Å². The van der Waals surface area contributed by atoms with Crippen LogP contribution in [0.15, 0.2) is 30.3 Å². The number of hydrogen-bond acceptors (Lipinski definition) is 6. The Labute approximate surface area is 143 Å². The maximum atomic E-state index is 12.3. The molecule has 0 aromatic heterocycles. The average Bonchev–Trinajstić information content (AvgIpc) is 2.80. The van der Waals surface area contributed by atoms with Gasteiger partial charge < -0.3 is 25.9 Å². The molecule has 24 heavy (non-hydrogen) atoms. The van der Waals surface area contributed by atoms with Crippen molar-refractivity contribution in [1.29, 1.82) is 0 Å². The van der Waals surface area contributed by atoms with E-state index >= 15 is 0 Å². The maximum absolute atomic E-state index is 12.3. The second kappa shape index (κ2) is 5.78. The average molecular weight is 348 g/mol. The van der Waals surface area contributed by atoms with E-state index in [-0.39, 0.29) is 0 Å². The summed E-state index contributed by atoms with van der Waals surface area (Å²) in [7, 11) is 0. The summed E-state index contributed by atoms with van der Waals surface area (Å²) in [6.45, 7) is 3.50. The number of nitrogens with zero attached hydrogens (tertiary/aromatic N) is 1. The number of fused-ring (bicyclic) bond motifs is 1. The largest absolute Gasteiger partial charge is 0.548 e. The molecule has 2 fully saturated rings. The summed E-state index contributed by atoms with van der Waals surface area (Å²) in [5.41, 5.74) is 6.57. The molecule has 0 radical (unpaired) electrons. The van der Waals surface area contributed by atoms with E-state index in [4.69, 9.17) is 5.73 Å². The van der Waals surface area contributed by atoms with Crippen LogP contribution in [-0.4, -0.2) is 44.9 Å². The number of hydrogen-bond donors (Lipinski definition) is 2. The van der Waals surface area contributed by atoms with E-state index in [0.717, 1.165) is 0 Å². The normalized spacial score (nSPS) is 28.7. The molecule has 7 nitrogen and oxygen atoms in total. The monoisotopic (exact) mass is 348 g/mol. The number of rotatable bonds is 4. The van der Waals surface area contributed by atoms with Crippen molar-refractivity contribution in [2.45, 2.75) is 42.1 Å². The molecule has 0 saturated carbocycles. The van der Waals surface area contributed by atoms with Gasteiger partial charge in [-0.15, -0.1) is 11.8 Å². The van der Waals surface area contributed by atoms with Crippen LogP contribution in [-0.2, 0) is 14.4 Å². The highest BCUT2D eigenvalue weighted by atomic mass is 32.2. The van der Waals surface area contributed by atoms with Gasteiger partial charge in [0.05, 0.1) is 12.0 Å². The Balaban J connectivity index is 1.71. The minimum absolute atomic E-state index is 0.415. The molecule has 0 spiro atoms. The highest BCUT2D eigenvalue weighted by Crippen LogP contribution is 2.50. The molecule has 2 aliphatic heterocycles. The van der Waals surface area contributed by atoms with Gasteiger partial charge in [0.1, 0.15) is 17.5 Å². The van der Waals surface area contributed by atoms with Gasteiger partial charge in [-0.1, -0.05) is 30.3 Å². The minimum Gasteiger partial charge on any atom is -0.548 e. The third kappa shape index (κ3) is 2.55. The van der Waals surface area contributed by atoms with Crippen molar-refractivity contribution in [2.75, 3.05) is 0 Å². The molecular formula is C16H18N3O4S-. The quantitative estimate of drug-likeness (QED) is 0.673. The summed E-state index contributed by atoms with van der Waals surface area (Å²) >= 11 is 1.34. The van der Waals surface area contributed by atoms with E-state index in [1.54, 1.807) is 38.1 Å². The third-order valence-electron chi connectivity index (χ3n) is 4.40. The molecule has 2 heterocycles. The van der Waals surface area contributed by atoms with Crippen LogP contribution in [0.25, 0.3) is 0 Å². The summed E-state index contributed by atoms with van der Waals surface area (Å²) in [4.78, 5) is 37.2. The predicted molar refractivity (Wildman–Crippen MR) is 86.4 cm³/mol. The van der Waals surface area contributed by atoms with Gasteiger partial charge in [0.25, 0.3) is 0 Å². The lowest BCUT2D eigenvalue weighted by molar-refractivity contribution is -0.312. The van der Waals surface area contributed by atoms with Crippen molar-refractivity contribution in [3.8, 4) is 0 Å². The lowest BCUT2D eigenvalue weighted by atomic mass is 9.95. The first-order valence-electron chi connectivity index (χ1n) is 7.56. The first-order chi connectivity index (χ1) is 11.2. The first-order valence-corrected chi connectivity index (χ1v) is 8.44. The number of amides is 2. The molecule has 2 amide bonds. The molecule has 1 aromatic rings. The van der Waals surface area contributed by atoms with E-state index in [9.17, 15) is 19.5 Å². The molecule has 128 valence electrons. The van der Waals surface area contributed by atoms with Gasteiger partial charge in [-0.3, -0.25) is 9.59 Å². The number of carboxylic acids is 1. The Morgan fingerprint density at radius 1 is 1.33 bits per heavy atom. The molecule has 2 unspecified atom stereocenters. The number of carbonyl (C=O) groups is 3. The Kier molecular flexibility index (Phi) is 4.05. The van der Waals surface area contributed by atoms with Crippen molar-refractivity contribution in [1.82, 2.24) is 10.2 Å². The summed E-state index contributed by atoms with van der Waals surface area (Å²) in [6.07, 6.45) is 0. The maximum Gasteiger partial charge on any atom is 0.249 e. The molecule has 2 aliphatic rings.